The van der Waals surface area contributed by atoms with Crippen LogP contribution in [0.3, 0.4) is 0 Å². The van der Waals surface area contributed by atoms with Crippen LogP contribution in [0.15, 0.2) is 40.8 Å². The quantitative estimate of drug-likeness (QED) is 0.786. The Morgan fingerprint density at radius 2 is 2.00 bits per heavy atom. The molecule has 1 N–H and O–H groups in total. The van der Waals surface area contributed by atoms with Gasteiger partial charge in [-0.1, -0.05) is 0 Å². The largest absolute Gasteiger partial charge is 0.436 e. The number of halogens is 2. The predicted molar refractivity (Wildman–Crippen MR) is 86.9 cm³/mol. The third-order valence-electron chi connectivity index (χ3n) is 4.11. The molecule has 0 aliphatic carbocycles. The van der Waals surface area contributed by atoms with Gasteiger partial charge >= 0.3 is 0 Å². The van der Waals surface area contributed by atoms with Crippen molar-refractivity contribution in [2.24, 2.45) is 5.92 Å². The number of nitrogens with one attached hydrogen (secondary N) is 1. The minimum Gasteiger partial charge on any atom is -0.436 e. The molecule has 1 aliphatic rings. The molecule has 3 aromatic rings. The van der Waals surface area contributed by atoms with Gasteiger partial charge in [-0.25, -0.2) is 13.8 Å². The molecule has 5 nitrogen and oxygen atoms in total. The molecule has 25 heavy (non-hydrogen) atoms. The fraction of sp³-hybridized carbons (Fsp3) is 0.222. The molecule has 2 aromatic carbocycles. The lowest BCUT2D eigenvalue weighted by Gasteiger charge is -2.09. The summed E-state index contributed by atoms with van der Waals surface area (Å²) >= 11 is 0. The van der Waals surface area contributed by atoms with Crippen molar-refractivity contribution in [2.45, 2.75) is 6.42 Å². The minimum absolute atomic E-state index is 0.0185. The lowest BCUT2D eigenvalue weighted by Crippen LogP contribution is -2.22. The average molecular weight is 344 g/mol. The first-order valence-corrected chi connectivity index (χ1v) is 7.85. The highest BCUT2D eigenvalue weighted by atomic mass is 19.1. The normalized spacial score (nSPS) is 17.1. The molecule has 128 valence electrons. The van der Waals surface area contributed by atoms with Crippen LogP contribution in [0, 0.1) is 17.6 Å². The van der Waals surface area contributed by atoms with Crippen molar-refractivity contribution in [1.82, 2.24) is 4.98 Å². The monoisotopic (exact) mass is 344 g/mol. The summed E-state index contributed by atoms with van der Waals surface area (Å²) in [6.45, 7) is 1.04. The van der Waals surface area contributed by atoms with E-state index in [0.717, 1.165) is 18.6 Å². The Hall–Kier alpha value is -2.80. The zero-order chi connectivity index (χ0) is 17.4. The van der Waals surface area contributed by atoms with Gasteiger partial charge in [-0.2, -0.15) is 0 Å². The number of hydrogen-bond donors (Lipinski definition) is 1. The van der Waals surface area contributed by atoms with E-state index in [-0.39, 0.29) is 28.8 Å². The van der Waals surface area contributed by atoms with Crippen LogP contribution in [0.25, 0.3) is 22.6 Å². The highest BCUT2D eigenvalue weighted by Gasteiger charge is 2.23. The number of amides is 1. The van der Waals surface area contributed by atoms with Crippen LogP contribution in [0.4, 0.5) is 14.5 Å². The van der Waals surface area contributed by atoms with E-state index < -0.39 is 11.6 Å². The number of anilines is 1. The lowest BCUT2D eigenvalue weighted by atomic mass is 10.1. The topological polar surface area (TPSA) is 64.4 Å². The Morgan fingerprint density at radius 1 is 1.20 bits per heavy atom. The van der Waals surface area contributed by atoms with Crippen molar-refractivity contribution in [3.05, 3.63) is 48.0 Å². The standard InChI is InChI=1S/C18H14F2N2O3/c19-12-7-14(20)16-15(8-12)25-18(22-16)10-1-3-13(4-2-10)21-17(23)11-5-6-24-9-11/h1-4,7-8,11H,5-6,9H2,(H,21,23). The zero-order valence-corrected chi connectivity index (χ0v) is 13.1. The van der Waals surface area contributed by atoms with Crippen molar-refractivity contribution < 1.29 is 22.7 Å². The molecule has 0 saturated carbocycles. The summed E-state index contributed by atoms with van der Waals surface area (Å²) in [7, 11) is 0. The van der Waals surface area contributed by atoms with Gasteiger partial charge in [0.1, 0.15) is 11.3 Å². The van der Waals surface area contributed by atoms with Gasteiger partial charge in [0.15, 0.2) is 11.4 Å². The summed E-state index contributed by atoms with van der Waals surface area (Å²) < 4.78 is 37.6. The molecule has 1 saturated heterocycles. The van der Waals surface area contributed by atoms with Crippen LogP contribution >= 0.6 is 0 Å². The van der Waals surface area contributed by atoms with E-state index in [0.29, 0.717) is 24.5 Å². The van der Waals surface area contributed by atoms with Crippen molar-refractivity contribution in [1.29, 1.82) is 0 Å². The number of aromatic nitrogens is 1. The van der Waals surface area contributed by atoms with Crippen LogP contribution in [0.2, 0.25) is 0 Å². The Bertz CT molecular complexity index is 931. The molecular weight excluding hydrogens is 330 g/mol. The van der Waals surface area contributed by atoms with E-state index in [2.05, 4.69) is 10.3 Å². The molecule has 0 bridgehead atoms. The smallest absolute Gasteiger partial charge is 0.229 e. The molecule has 1 aromatic heterocycles. The zero-order valence-electron chi connectivity index (χ0n) is 13.1. The van der Waals surface area contributed by atoms with Crippen molar-refractivity contribution in [3.63, 3.8) is 0 Å². The van der Waals surface area contributed by atoms with E-state index in [9.17, 15) is 13.6 Å². The average Bonchev–Trinajstić information content (AvgIpc) is 3.25. The second-order valence-corrected chi connectivity index (χ2v) is 5.88. The number of carbonyl (C=O) groups excluding carboxylic acids is 1. The van der Waals surface area contributed by atoms with Gasteiger partial charge in [-0.15, -0.1) is 0 Å². The fourth-order valence-electron chi connectivity index (χ4n) is 2.76. The molecule has 7 heteroatoms. The molecular formula is C18H14F2N2O3. The SMILES string of the molecule is O=C(Nc1ccc(-c2nc3c(F)cc(F)cc3o2)cc1)C1CCOC1. The Labute approximate surface area is 141 Å². The molecule has 1 aliphatic heterocycles. The molecule has 1 amide bonds. The second kappa shape index (κ2) is 6.25. The first-order valence-electron chi connectivity index (χ1n) is 7.85. The first-order chi connectivity index (χ1) is 12.1. The molecule has 1 atom stereocenters. The lowest BCUT2D eigenvalue weighted by molar-refractivity contribution is -0.119. The third-order valence-corrected chi connectivity index (χ3v) is 4.11. The number of carbonyl (C=O) groups is 1. The van der Waals surface area contributed by atoms with Crippen molar-refractivity contribution >= 4 is 22.7 Å². The summed E-state index contributed by atoms with van der Waals surface area (Å²) in [5.41, 5.74) is 1.26. The van der Waals surface area contributed by atoms with Gasteiger partial charge in [-0.3, -0.25) is 4.79 Å². The van der Waals surface area contributed by atoms with Crippen LogP contribution in [-0.4, -0.2) is 24.1 Å². The highest BCUT2D eigenvalue weighted by molar-refractivity contribution is 5.93. The fourth-order valence-corrected chi connectivity index (χ4v) is 2.76. The minimum atomic E-state index is -0.771. The summed E-state index contributed by atoms with van der Waals surface area (Å²) in [6.07, 6.45) is 0.717. The summed E-state index contributed by atoms with van der Waals surface area (Å²) in [4.78, 5) is 16.1. The van der Waals surface area contributed by atoms with Crippen LogP contribution in [0.1, 0.15) is 6.42 Å². The molecule has 2 heterocycles. The van der Waals surface area contributed by atoms with E-state index in [1.165, 1.54) is 0 Å². The Morgan fingerprint density at radius 3 is 2.72 bits per heavy atom. The number of hydrogen-bond acceptors (Lipinski definition) is 4. The van der Waals surface area contributed by atoms with Crippen LogP contribution < -0.4 is 5.32 Å². The predicted octanol–water partition coefficient (Wildman–Crippen LogP) is 3.75. The highest BCUT2D eigenvalue weighted by Crippen LogP contribution is 2.27. The second-order valence-electron chi connectivity index (χ2n) is 5.88. The van der Waals surface area contributed by atoms with Gasteiger partial charge in [0, 0.05) is 30.0 Å². The number of oxazole rings is 1. The summed E-state index contributed by atoms with van der Waals surface area (Å²) in [5, 5.41) is 2.83. The molecule has 0 spiro atoms. The van der Waals surface area contributed by atoms with Crippen LogP contribution in [0.5, 0.6) is 0 Å². The summed E-state index contributed by atoms with van der Waals surface area (Å²) in [6, 6.07) is 8.65. The molecule has 0 radical (unpaired) electrons. The number of ether oxygens (including phenoxy) is 1. The molecule has 1 fully saturated rings. The first kappa shape index (κ1) is 15.7. The van der Waals surface area contributed by atoms with E-state index >= 15 is 0 Å². The maximum atomic E-state index is 13.7. The number of benzene rings is 2. The Kier molecular flexibility index (Phi) is 3.93. The maximum Gasteiger partial charge on any atom is 0.229 e. The third kappa shape index (κ3) is 3.10. The van der Waals surface area contributed by atoms with E-state index in [1.807, 2.05) is 0 Å². The van der Waals surface area contributed by atoms with Gasteiger partial charge in [0.05, 0.1) is 12.5 Å². The summed E-state index contributed by atoms with van der Waals surface area (Å²) in [5.74, 6) is -1.52. The van der Waals surface area contributed by atoms with Gasteiger partial charge in [0.25, 0.3) is 0 Å². The number of rotatable bonds is 3. The maximum absolute atomic E-state index is 13.7. The number of fused-ring (bicyclic) bond motifs is 1. The van der Waals surface area contributed by atoms with Gasteiger partial charge in [0.2, 0.25) is 11.8 Å². The number of nitrogens with zero attached hydrogens (tertiary/aromatic N) is 1. The van der Waals surface area contributed by atoms with E-state index in [1.54, 1.807) is 24.3 Å². The van der Waals surface area contributed by atoms with Crippen LogP contribution in [-0.2, 0) is 9.53 Å². The van der Waals surface area contributed by atoms with Gasteiger partial charge < -0.3 is 14.5 Å². The van der Waals surface area contributed by atoms with Gasteiger partial charge in [-0.05, 0) is 30.7 Å². The van der Waals surface area contributed by atoms with E-state index in [4.69, 9.17) is 9.15 Å². The molecule has 1 unspecified atom stereocenters. The molecule has 4 rings (SSSR count). The van der Waals surface area contributed by atoms with Crippen molar-refractivity contribution in [3.8, 4) is 11.5 Å². The van der Waals surface area contributed by atoms with Crippen molar-refractivity contribution in [2.75, 3.05) is 18.5 Å². The Balaban J connectivity index is 1.55.